The van der Waals surface area contributed by atoms with Crippen LogP contribution in [0.5, 0.6) is 0 Å². The fraction of sp³-hybridized carbons (Fsp3) is 0.333. The maximum absolute atomic E-state index is 13.1. The van der Waals surface area contributed by atoms with Crippen molar-refractivity contribution in [2.45, 2.75) is 19.9 Å². The Hall–Kier alpha value is -3.09. The molecule has 0 radical (unpaired) electrons. The lowest BCUT2D eigenvalue weighted by Gasteiger charge is -2.22. The van der Waals surface area contributed by atoms with Crippen LogP contribution in [0.25, 0.3) is 5.69 Å². The van der Waals surface area contributed by atoms with Gasteiger partial charge in [-0.05, 0) is 49.4 Å². The van der Waals surface area contributed by atoms with E-state index in [2.05, 4.69) is 32.9 Å². The molecule has 1 N–H and O–H groups in total. The molecule has 2 heterocycles. The average Bonchev–Trinajstić information content (AvgIpc) is 3.31. The molecule has 0 amide bonds. The van der Waals surface area contributed by atoms with E-state index in [0.29, 0.717) is 6.54 Å². The first-order valence-electron chi connectivity index (χ1n) is 9.47. The first kappa shape index (κ1) is 19.7. The number of halogens is 1. The summed E-state index contributed by atoms with van der Waals surface area (Å²) >= 11 is 0. The second kappa shape index (κ2) is 9.21. The monoisotopic (exact) mass is 382 g/mol. The van der Waals surface area contributed by atoms with E-state index in [-0.39, 0.29) is 5.82 Å². The summed E-state index contributed by atoms with van der Waals surface area (Å²) in [7, 11) is 4.09. The molecule has 2 aromatic heterocycles. The topological polar surface area (TPSA) is 50.4 Å². The molecule has 0 fully saturated rings. The number of aryl methyl sites for hydroxylation is 1. The summed E-state index contributed by atoms with van der Waals surface area (Å²) in [6, 6.07) is 12.4. The summed E-state index contributed by atoms with van der Waals surface area (Å²) in [5.41, 5.74) is 3.02. The zero-order chi connectivity index (χ0) is 19.9. The van der Waals surface area contributed by atoms with Gasteiger partial charge in [-0.2, -0.15) is 5.10 Å². The summed E-state index contributed by atoms with van der Waals surface area (Å²) in [6.07, 6.45) is 4.67. The van der Waals surface area contributed by atoms with Crippen molar-refractivity contribution in [2.75, 3.05) is 20.1 Å². The SMILES string of the molecule is CCNC(=NCCc1ccn(-c2ccc(F)cc2)n1)N(C)Cc1cccn1C. The van der Waals surface area contributed by atoms with Gasteiger partial charge in [0.2, 0.25) is 0 Å². The first-order chi connectivity index (χ1) is 13.6. The van der Waals surface area contributed by atoms with Gasteiger partial charge >= 0.3 is 0 Å². The Balaban J connectivity index is 1.60. The Labute approximate surface area is 165 Å². The lowest BCUT2D eigenvalue weighted by molar-refractivity contribution is 0.462. The highest BCUT2D eigenvalue weighted by molar-refractivity contribution is 5.79. The molecule has 3 aromatic rings. The number of guanidine groups is 1. The number of aliphatic imine (C=N–C) groups is 1. The molecule has 1 aromatic carbocycles. The van der Waals surface area contributed by atoms with Crippen molar-refractivity contribution in [3.63, 3.8) is 0 Å². The third kappa shape index (κ3) is 5.00. The predicted molar refractivity (Wildman–Crippen MR) is 110 cm³/mol. The molecule has 0 unspecified atom stereocenters. The van der Waals surface area contributed by atoms with Gasteiger partial charge in [-0.15, -0.1) is 0 Å². The van der Waals surface area contributed by atoms with E-state index in [9.17, 15) is 4.39 Å². The van der Waals surface area contributed by atoms with Crippen LogP contribution in [-0.4, -0.2) is 45.3 Å². The zero-order valence-corrected chi connectivity index (χ0v) is 16.6. The van der Waals surface area contributed by atoms with Gasteiger partial charge < -0.3 is 14.8 Å². The number of nitrogens with one attached hydrogen (secondary N) is 1. The van der Waals surface area contributed by atoms with Crippen LogP contribution in [0.4, 0.5) is 4.39 Å². The molecule has 0 saturated carbocycles. The third-order valence-electron chi connectivity index (χ3n) is 4.51. The van der Waals surface area contributed by atoms with Gasteiger partial charge in [-0.1, -0.05) is 0 Å². The number of benzene rings is 1. The molecule has 0 spiro atoms. The highest BCUT2D eigenvalue weighted by atomic mass is 19.1. The molecule has 0 bridgehead atoms. The molecule has 0 aliphatic carbocycles. The molecular formula is C21H27FN6. The summed E-state index contributed by atoms with van der Waals surface area (Å²) in [4.78, 5) is 6.86. The summed E-state index contributed by atoms with van der Waals surface area (Å²) < 4.78 is 16.9. The Bertz CT molecular complexity index is 909. The maximum atomic E-state index is 13.1. The van der Waals surface area contributed by atoms with Crippen molar-refractivity contribution < 1.29 is 4.39 Å². The molecule has 7 heteroatoms. The highest BCUT2D eigenvalue weighted by Crippen LogP contribution is 2.09. The van der Waals surface area contributed by atoms with E-state index in [0.717, 1.165) is 36.9 Å². The molecule has 0 aliphatic rings. The highest BCUT2D eigenvalue weighted by Gasteiger charge is 2.08. The van der Waals surface area contributed by atoms with Crippen LogP contribution in [0.2, 0.25) is 0 Å². The van der Waals surface area contributed by atoms with E-state index >= 15 is 0 Å². The molecule has 0 saturated heterocycles. The Morgan fingerprint density at radius 1 is 1.18 bits per heavy atom. The van der Waals surface area contributed by atoms with Gasteiger partial charge in [0.1, 0.15) is 5.82 Å². The van der Waals surface area contributed by atoms with Crippen molar-refractivity contribution in [1.29, 1.82) is 0 Å². The maximum Gasteiger partial charge on any atom is 0.194 e. The quantitative estimate of drug-likeness (QED) is 0.505. The van der Waals surface area contributed by atoms with Gasteiger partial charge in [0.25, 0.3) is 0 Å². The van der Waals surface area contributed by atoms with Crippen molar-refractivity contribution in [3.8, 4) is 5.69 Å². The molecular weight excluding hydrogens is 355 g/mol. The molecule has 148 valence electrons. The minimum absolute atomic E-state index is 0.249. The standard InChI is InChI=1S/C21H27FN6/c1-4-23-21(27(3)16-20-6-5-14-26(20)2)24-13-11-18-12-15-28(25-18)19-9-7-17(22)8-10-19/h5-10,12,14-15H,4,11,13,16H2,1-3H3,(H,23,24). The van der Waals surface area contributed by atoms with E-state index < -0.39 is 0 Å². The van der Waals surface area contributed by atoms with Crippen molar-refractivity contribution in [3.05, 3.63) is 72.1 Å². The minimum Gasteiger partial charge on any atom is -0.357 e. The Kier molecular flexibility index (Phi) is 6.47. The fourth-order valence-electron chi connectivity index (χ4n) is 2.96. The lowest BCUT2D eigenvalue weighted by Crippen LogP contribution is -2.39. The van der Waals surface area contributed by atoms with E-state index in [1.807, 2.05) is 38.6 Å². The lowest BCUT2D eigenvalue weighted by atomic mass is 10.3. The van der Waals surface area contributed by atoms with Crippen LogP contribution >= 0.6 is 0 Å². The molecule has 6 nitrogen and oxygen atoms in total. The smallest absolute Gasteiger partial charge is 0.194 e. The first-order valence-corrected chi connectivity index (χ1v) is 9.47. The van der Waals surface area contributed by atoms with Crippen LogP contribution in [0, 0.1) is 5.82 Å². The van der Waals surface area contributed by atoms with Crippen LogP contribution in [0.1, 0.15) is 18.3 Å². The normalized spacial score (nSPS) is 11.6. The second-order valence-electron chi connectivity index (χ2n) is 6.68. The molecule has 28 heavy (non-hydrogen) atoms. The van der Waals surface area contributed by atoms with Gasteiger partial charge in [0, 0.05) is 51.7 Å². The van der Waals surface area contributed by atoms with Gasteiger partial charge in [-0.3, -0.25) is 4.99 Å². The van der Waals surface area contributed by atoms with E-state index in [1.54, 1.807) is 16.8 Å². The largest absolute Gasteiger partial charge is 0.357 e. The number of aromatic nitrogens is 3. The van der Waals surface area contributed by atoms with Gasteiger partial charge in [-0.25, -0.2) is 9.07 Å². The van der Waals surface area contributed by atoms with Crippen LogP contribution in [0.3, 0.4) is 0 Å². The average molecular weight is 382 g/mol. The fourth-order valence-corrected chi connectivity index (χ4v) is 2.96. The summed E-state index contributed by atoms with van der Waals surface area (Å²) in [5, 5.41) is 7.90. The predicted octanol–water partition coefficient (Wildman–Crippen LogP) is 2.99. The van der Waals surface area contributed by atoms with E-state index in [1.165, 1.54) is 17.8 Å². The minimum atomic E-state index is -0.249. The number of rotatable bonds is 7. The Morgan fingerprint density at radius 3 is 2.64 bits per heavy atom. The molecule has 0 atom stereocenters. The van der Waals surface area contributed by atoms with Gasteiger partial charge in [0.15, 0.2) is 5.96 Å². The zero-order valence-electron chi connectivity index (χ0n) is 16.6. The van der Waals surface area contributed by atoms with E-state index in [4.69, 9.17) is 4.99 Å². The van der Waals surface area contributed by atoms with Crippen LogP contribution < -0.4 is 5.32 Å². The Morgan fingerprint density at radius 2 is 1.96 bits per heavy atom. The van der Waals surface area contributed by atoms with Crippen molar-refractivity contribution in [1.82, 2.24) is 24.6 Å². The van der Waals surface area contributed by atoms with Crippen molar-refractivity contribution >= 4 is 5.96 Å². The number of hydrogen-bond donors (Lipinski definition) is 1. The van der Waals surface area contributed by atoms with Crippen LogP contribution in [0.15, 0.2) is 59.9 Å². The third-order valence-corrected chi connectivity index (χ3v) is 4.51. The molecule has 0 aliphatic heterocycles. The number of hydrogen-bond acceptors (Lipinski definition) is 2. The van der Waals surface area contributed by atoms with Gasteiger partial charge in [0.05, 0.1) is 17.9 Å². The summed E-state index contributed by atoms with van der Waals surface area (Å²) in [6.45, 7) is 4.31. The summed E-state index contributed by atoms with van der Waals surface area (Å²) in [5.74, 6) is 0.627. The van der Waals surface area contributed by atoms with Crippen LogP contribution in [-0.2, 0) is 20.0 Å². The number of nitrogens with zero attached hydrogens (tertiary/aromatic N) is 5. The van der Waals surface area contributed by atoms with Crippen molar-refractivity contribution in [2.24, 2.45) is 12.0 Å². The molecule has 3 rings (SSSR count). The second-order valence-corrected chi connectivity index (χ2v) is 6.68.